The maximum Gasteiger partial charge on any atom is 0.319 e. The summed E-state index contributed by atoms with van der Waals surface area (Å²) < 4.78 is 45.5. The SMILES string of the molecule is Cc1c(C(NC(=O)Nc2cnc(N3CC(F)(F)C3)nc2)C(C)C)oc2ccc(F)cc12. The van der Waals surface area contributed by atoms with E-state index in [2.05, 4.69) is 20.6 Å². The molecule has 1 fully saturated rings. The second-order valence-corrected chi connectivity index (χ2v) is 8.04. The second-order valence-electron chi connectivity index (χ2n) is 8.04. The number of fused-ring (bicyclic) bond motifs is 1. The first-order valence-electron chi connectivity index (χ1n) is 9.84. The van der Waals surface area contributed by atoms with Crippen LogP contribution in [-0.4, -0.2) is 35.0 Å². The number of furan rings is 1. The van der Waals surface area contributed by atoms with Gasteiger partial charge in [0.15, 0.2) is 0 Å². The minimum absolute atomic E-state index is 0.0124. The third kappa shape index (κ3) is 4.28. The molecule has 3 aromatic rings. The molecule has 1 atom stereocenters. The molecule has 7 nitrogen and oxygen atoms in total. The average molecular weight is 433 g/mol. The van der Waals surface area contributed by atoms with Crippen LogP contribution in [-0.2, 0) is 0 Å². The number of amides is 2. The molecule has 31 heavy (non-hydrogen) atoms. The summed E-state index contributed by atoms with van der Waals surface area (Å²) in [6.45, 7) is 4.84. The van der Waals surface area contributed by atoms with Crippen molar-refractivity contribution in [2.75, 3.05) is 23.3 Å². The van der Waals surface area contributed by atoms with Crippen LogP contribution in [0.4, 0.5) is 29.6 Å². The number of urea groups is 1. The Balaban J connectivity index is 1.45. The molecule has 2 amide bonds. The minimum Gasteiger partial charge on any atom is -0.459 e. The van der Waals surface area contributed by atoms with Crippen LogP contribution in [0.2, 0.25) is 0 Å². The van der Waals surface area contributed by atoms with E-state index < -0.39 is 31.1 Å². The molecule has 0 radical (unpaired) electrons. The van der Waals surface area contributed by atoms with Crippen molar-refractivity contribution in [3.63, 3.8) is 0 Å². The summed E-state index contributed by atoms with van der Waals surface area (Å²) in [7, 11) is 0. The molecular formula is C21H22F3N5O2. The molecule has 0 spiro atoms. The van der Waals surface area contributed by atoms with Gasteiger partial charge in [-0.1, -0.05) is 13.8 Å². The predicted molar refractivity (Wildman–Crippen MR) is 110 cm³/mol. The highest BCUT2D eigenvalue weighted by molar-refractivity contribution is 5.89. The number of halogens is 3. The molecule has 1 aromatic carbocycles. The molecule has 3 heterocycles. The fraction of sp³-hybridized carbons (Fsp3) is 0.381. The van der Waals surface area contributed by atoms with E-state index in [-0.39, 0.29) is 17.7 Å². The number of rotatable bonds is 5. The number of anilines is 2. The van der Waals surface area contributed by atoms with Crippen molar-refractivity contribution in [3.8, 4) is 0 Å². The first-order valence-corrected chi connectivity index (χ1v) is 9.84. The minimum atomic E-state index is -2.72. The number of aromatic nitrogens is 2. The van der Waals surface area contributed by atoms with Gasteiger partial charge < -0.3 is 20.0 Å². The lowest BCUT2D eigenvalue weighted by atomic mass is 9.98. The molecule has 1 unspecified atom stereocenters. The van der Waals surface area contributed by atoms with Crippen LogP contribution in [0.25, 0.3) is 11.0 Å². The van der Waals surface area contributed by atoms with Gasteiger partial charge in [-0.3, -0.25) is 0 Å². The molecule has 2 aromatic heterocycles. The highest BCUT2D eigenvalue weighted by atomic mass is 19.3. The average Bonchev–Trinajstić information content (AvgIpc) is 3.00. The molecule has 0 saturated carbocycles. The number of aryl methyl sites for hydroxylation is 1. The van der Waals surface area contributed by atoms with Crippen LogP contribution < -0.4 is 15.5 Å². The number of carbonyl (C=O) groups is 1. The van der Waals surface area contributed by atoms with Crippen LogP contribution in [0.15, 0.2) is 35.0 Å². The van der Waals surface area contributed by atoms with Gasteiger partial charge in [0, 0.05) is 10.9 Å². The number of nitrogens with one attached hydrogen (secondary N) is 2. The number of alkyl halides is 2. The van der Waals surface area contributed by atoms with E-state index in [1.807, 2.05) is 20.8 Å². The van der Waals surface area contributed by atoms with Crippen LogP contribution in [0.1, 0.15) is 31.2 Å². The molecule has 10 heteroatoms. The fourth-order valence-electron chi connectivity index (χ4n) is 3.55. The van der Waals surface area contributed by atoms with Gasteiger partial charge in [0.05, 0.1) is 37.2 Å². The Morgan fingerprint density at radius 1 is 1.23 bits per heavy atom. The van der Waals surface area contributed by atoms with Gasteiger partial charge in [-0.25, -0.2) is 27.9 Å². The largest absolute Gasteiger partial charge is 0.459 e. The Morgan fingerprint density at radius 3 is 2.52 bits per heavy atom. The van der Waals surface area contributed by atoms with E-state index >= 15 is 0 Å². The van der Waals surface area contributed by atoms with Gasteiger partial charge in [0.25, 0.3) is 5.92 Å². The number of hydrogen-bond acceptors (Lipinski definition) is 5. The Morgan fingerprint density at radius 2 is 1.90 bits per heavy atom. The molecule has 1 saturated heterocycles. The lowest BCUT2D eigenvalue weighted by Crippen LogP contribution is -2.57. The summed E-state index contributed by atoms with van der Waals surface area (Å²) in [4.78, 5) is 22.0. The summed E-state index contributed by atoms with van der Waals surface area (Å²) in [5.41, 5.74) is 1.62. The van der Waals surface area contributed by atoms with Crippen molar-refractivity contribution < 1.29 is 22.4 Å². The highest BCUT2D eigenvalue weighted by Crippen LogP contribution is 2.33. The van der Waals surface area contributed by atoms with E-state index in [1.54, 1.807) is 6.07 Å². The van der Waals surface area contributed by atoms with Gasteiger partial charge in [-0.15, -0.1) is 0 Å². The monoisotopic (exact) mass is 433 g/mol. The summed E-state index contributed by atoms with van der Waals surface area (Å²) in [6.07, 6.45) is 2.72. The van der Waals surface area contributed by atoms with Gasteiger partial charge >= 0.3 is 6.03 Å². The molecule has 4 rings (SSSR count). The quantitative estimate of drug-likeness (QED) is 0.612. The molecule has 1 aliphatic rings. The Bertz CT molecular complexity index is 1110. The van der Waals surface area contributed by atoms with Crippen LogP contribution in [0.3, 0.4) is 0 Å². The topological polar surface area (TPSA) is 83.3 Å². The summed E-state index contributed by atoms with van der Waals surface area (Å²) in [6, 6.07) is 3.33. The maximum absolute atomic E-state index is 13.6. The number of nitrogens with zero attached hydrogens (tertiary/aromatic N) is 3. The number of benzene rings is 1. The van der Waals surface area contributed by atoms with Gasteiger partial charge in [-0.2, -0.15) is 0 Å². The van der Waals surface area contributed by atoms with Crippen molar-refractivity contribution >= 4 is 28.6 Å². The van der Waals surface area contributed by atoms with Crippen molar-refractivity contribution in [1.82, 2.24) is 15.3 Å². The first-order chi connectivity index (χ1) is 14.6. The van der Waals surface area contributed by atoms with Crippen LogP contribution in [0.5, 0.6) is 0 Å². The van der Waals surface area contributed by atoms with E-state index in [0.717, 1.165) is 5.56 Å². The summed E-state index contributed by atoms with van der Waals surface area (Å²) >= 11 is 0. The van der Waals surface area contributed by atoms with Crippen molar-refractivity contribution in [3.05, 3.63) is 47.7 Å². The summed E-state index contributed by atoms with van der Waals surface area (Å²) in [5.74, 6) is -2.35. The number of hydrogen-bond donors (Lipinski definition) is 2. The van der Waals surface area contributed by atoms with Gasteiger partial charge in [0.2, 0.25) is 5.95 Å². The molecule has 164 valence electrons. The fourth-order valence-corrected chi connectivity index (χ4v) is 3.55. The van der Waals surface area contributed by atoms with Crippen LogP contribution >= 0.6 is 0 Å². The zero-order chi connectivity index (χ0) is 22.3. The Labute approximate surface area is 176 Å². The lowest BCUT2D eigenvalue weighted by molar-refractivity contribution is -0.0271. The third-order valence-electron chi connectivity index (χ3n) is 5.19. The Hall–Kier alpha value is -3.30. The lowest BCUT2D eigenvalue weighted by Gasteiger charge is -2.38. The smallest absolute Gasteiger partial charge is 0.319 e. The van der Waals surface area contributed by atoms with E-state index in [4.69, 9.17) is 4.42 Å². The third-order valence-corrected chi connectivity index (χ3v) is 5.19. The van der Waals surface area contributed by atoms with Gasteiger partial charge in [-0.05, 0) is 31.0 Å². The maximum atomic E-state index is 13.6. The molecule has 1 aliphatic heterocycles. The zero-order valence-electron chi connectivity index (χ0n) is 17.2. The standard InChI is InChI=1S/C21H22F3N5O2/c1-11(2)17(18-12(3)15-6-13(22)4-5-16(15)31-18)28-20(30)27-14-7-25-19(26-8-14)29-9-21(23,24)10-29/h4-8,11,17H,9-10H2,1-3H3,(H2,27,28,30). The molecule has 0 bridgehead atoms. The molecular weight excluding hydrogens is 411 g/mol. The van der Waals surface area contributed by atoms with E-state index in [1.165, 1.54) is 29.4 Å². The molecule has 2 N–H and O–H groups in total. The van der Waals surface area contributed by atoms with Crippen molar-refractivity contribution in [2.24, 2.45) is 5.92 Å². The number of carbonyl (C=O) groups excluding carboxylic acids is 1. The normalized spacial score (nSPS) is 16.3. The molecule has 0 aliphatic carbocycles. The second kappa shape index (κ2) is 7.75. The van der Waals surface area contributed by atoms with Crippen molar-refractivity contribution in [2.45, 2.75) is 32.7 Å². The van der Waals surface area contributed by atoms with E-state index in [0.29, 0.717) is 22.4 Å². The zero-order valence-corrected chi connectivity index (χ0v) is 17.2. The Kier molecular flexibility index (Phi) is 5.24. The first kappa shape index (κ1) is 21.0. The predicted octanol–water partition coefficient (Wildman–Crippen LogP) is 4.64. The van der Waals surface area contributed by atoms with Crippen LogP contribution in [0, 0.1) is 18.7 Å². The highest BCUT2D eigenvalue weighted by Gasteiger charge is 2.45. The van der Waals surface area contributed by atoms with Crippen molar-refractivity contribution in [1.29, 1.82) is 0 Å². The van der Waals surface area contributed by atoms with Gasteiger partial charge in [0.1, 0.15) is 17.2 Å². The summed E-state index contributed by atoms with van der Waals surface area (Å²) in [5, 5.41) is 6.16. The van der Waals surface area contributed by atoms with E-state index in [9.17, 15) is 18.0 Å².